The van der Waals surface area contributed by atoms with E-state index < -0.39 is 0 Å². The van der Waals surface area contributed by atoms with Crippen molar-refractivity contribution in [3.8, 4) is 33.6 Å². The van der Waals surface area contributed by atoms with Crippen LogP contribution in [0.3, 0.4) is 0 Å². The van der Waals surface area contributed by atoms with Crippen LogP contribution in [0.2, 0.25) is 0 Å². The second-order valence-electron chi connectivity index (χ2n) is 11.4. The second-order valence-corrected chi connectivity index (χ2v) is 11.4. The molecule has 0 unspecified atom stereocenters. The van der Waals surface area contributed by atoms with Gasteiger partial charge in [0.1, 0.15) is 0 Å². The SMILES string of the molecule is c1ccc(-n2c3ccccc3c3ccc(-c4cccc(-c5cccc(-n6c7ccccc7c7ccccc76)c5)c4)cc32)cc1. The number of hydrogen-bond donors (Lipinski definition) is 0. The first-order chi connectivity index (χ1) is 21.8. The summed E-state index contributed by atoms with van der Waals surface area (Å²) in [5.74, 6) is 0. The summed E-state index contributed by atoms with van der Waals surface area (Å²) in [4.78, 5) is 0. The van der Waals surface area contributed by atoms with Crippen molar-refractivity contribution in [3.05, 3.63) is 170 Å². The first-order valence-corrected chi connectivity index (χ1v) is 15.1. The van der Waals surface area contributed by atoms with Gasteiger partial charge in [0, 0.05) is 32.9 Å². The summed E-state index contributed by atoms with van der Waals surface area (Å²) in [6.07, 6.45) is 0. The molecule has 2 heteroatoms. The van der Waals surface area contributed by atoms with Gasteiger partial charge in [-0.05, 0) is 76.9 Å². The molecule has 0 aliphatic rings. The minimum atomic E-state index is 1.17. The van der Waals surface area contributed by atoms with Gasteiger partial charge < -0.3 is 9.13 Å². The molecule has 2 aromatic heterocycles. The molecule has 0 N–H and O–H groups in total. The lowest BCUT2D eigenvalue weighted by molar-refractivity contribution is 1.18. The van der Waals surface area contributed by atoms with Gasteiger partial charge in [-0.3, -0.25) is 0 Å². The summed E-state index contributed by atoms with van der Waals surface area (Å²) in [5, 5.41) is 5.09. The van der Waals surface area contributed by atoms with Crippen molar-refractivity contribution in [1.82, 2.24) is 9.13 Å². The fourth-order valence-corrected chi connectivity index (χ4v) is 6.91. The largest absolute Gasteiger partial charge is 0.309 e. The Balaban J connectivity index is 1.18. The van der Waals surface area contributed by atoms with Crippen molar-refractivity contribution in [2.75, 3.05) is 0 Å². The van der Waals surface area contributed by atoms with Crippen LogP contribution in [0.4, 0.5) is 0 Å². The van der Waals surface area contributed by atoms with Crippen LogP contribution in [0.1, 0.15) is 0 Å². The lowest BCUT2D eigenvalue weighted by atomic mass is 9.98. The highest BCUT2D eigenvalue weighted by Gasteiger charge is 2.14. The van der Waals surface area contributed by atoms with Gasteiger partial charge in [-0.2, -0.15) is 0 Å². The number of aromatic nitrogens is 2. The van der Waals surface area contributed by atoms with Gasteiger partial charge in [0.2, 0.25) is 0 Å². The van der Waals surface area contributed by atoms with E-state index in [1.54, 1.807) is 0 Å². The second kappa shape index (κ2) is 9.86. The van der Waals surface area contributed by atoms with Crippen LogP contribution in [0, 0.1) is 0 Å². The zero-order chi connectivity index (χ0) is 29.0. The minimum absolute atomic E-state index is 1.17. The van der Waals surface area contributed by atoms with Crippen LogP contribution in [-0.4, -0.2) is 9.13 Å². The predicted octanol–water partition coefficient (Wildman–Crippen LogP) is 11.2. The van der Waals surface area contributed by atoms with Crippen LogP contribution < -0.4 is 0 Å². The molecule has 206 valence electrons. The maximum Gasteiger partial charge on any atom is 0.0547 e. The molecule has 0 saturated carbocycles. The third-order valence-corrected chi connectivity index (χ3v) is 8.90. The van der Waals surface area contributed by atoms with E-state index in [1.807, 2.05) is 0 Å². The van der Waals surface area contributed by atoms with Gasteiger partial charge in [0.05, 0.1) is 22.1 Å². The third-order valence-electron chi connectivity index (χ3n) is 8.90. The highest BCUT2D eigenvalue weighted by molar-refractivity contribution is 6.11. The number of nitrogens with zero attached hydrogens (tertiary/aromatic N) is 2. The van der Waals surface area contributed by atoms with Gasteiger partial charge in [-0.15, -0.1) is 0 Å². The van der Waals surface area contributed by atoms with Crippen LogP contribution in [0.5, 0.6) is 0 Å². The lowest BCUT2D eigenvalue weighted by Crippen LogP contribution is -1.94. The van der Waals surface area contributed by atoms with E-state index >= 15 is 0 Å². The fraction of sp³-hybridized carbons (Fsp3) is 0. The van der Waals surface area contributed by atoms with E-state index in [0.29, 0.717) is 0 Å². The number of para-hydroxylation sites is 4. The van der Waals surface area contributed by atoms with Gasteiger partial charge in [0.25, 0.3) is 0 Å². The highest BCUT2D eigenvalue weighted by Crippen LogP contribution is 2.37. The molecular formula is C42H28N2. The summed E-state index contributed by atoms with van der Waals surface area (Å²) >= 11 is 0. The normalized spacial score (nSPS) is 11.6. The van der Waals surface area contributed by atoms with Crippen molar-refractivity contribution in [2.24, 2.45) is 0 Å². The molecule has 2 nitrogen and oxygen atoms in total. The standard InChI is InChI=1S/C42H28N2/c1-2-15-33(16-3-1)43-39-21-7-6-20-37(39)38-25-24-32(28-42(38)43)30-13-10-12-29(26-30)31-14-11-17-34(27-31)44-40-22-8-4-18-35(40)36-19-5-9-23-41(36)44/h1-28H. The van der Waals surface area contributed by atoms with E-state index in [1.165, 1.54) is 77.2 Å². The van der Waals surface area contributed by atoms with Crippen molar-refractivity contribution >= 4 is 43.6 Å². The van der Waals surface area contributed by atoms with Crippen molar-refractivity contribution in [2.45, 2.75) is 0 Å². The maximum atomic E-state index is 2.38. The Bertz CT molecular complexity index is 2440. The molecule has 0 aliphatic carbocycles. The Labute approximate surface area is 255 Å². The Morgan fingerprint density at radius 3 is 1.30 bits per heavy atom. The first-order valence-electron chi connectivity index (χ1n) is 15.1. The van der Waals surface area contributed by atoms with Gasteiger partial charge >= 0.3 is 0 Å². The average Bonchev–Trinajstić information content (AvgIpc) is 3.61. The molecule has 0 amide bonds. The molecule has 0 bridgehead atoms. The predicted molar refractivity (Wildman–Crippen MR) is 186 cm³/mol. The van der Waals surface area contributed by atoms with Crippen LogP contribution in [-0.2, 0) is 0 Å². The number of benzene rings is 7. The lowest BCUT2D eigenvalue weighted by Gasteiger charge is -2.12. The number of rotatable bonds is 4. The quantitative estimate of drug-likeness (QED) is 0.203. The summed E-state index contributed by atoms with van der Waals surface area (Å²) in [7, 11) is 0. The smallest absolute Gasteiger partial charge is 0.0547 e. The molecule has 0 aliphatic heterocycles. The average molecular weight is 561 g/mol. The summed E-state index contributed by atoms with van der Waals surface area (Å²) in [5.41, 5.74) is 12.0. The minimum Gasteiger partial charge on any atom is -0.309 e. The maximum absolute atomic E-state index is 2.38. The third kappa shape index (κ3) is 3.82. The fourth-order valence-electron chi connectivity index (χ4n) is 6.91. The van der Waals surface area contributed by atoms with Crippen LogP contribution in [0.25, 0.3) is 77.2 Å². The molecule has 9 aromatic rings. The molecule has 44 heavy (non-hydrogen) atoms. The number of fused-ring (bicyclic) bond motifs is 6. The molecule has 2 heterocycles. The van der Waals surface area contributed by atoms with E-state index in [2.05, 4.69) is 179 Å². The Hall–Kier alpha value is -5.86. The summed E-state index contributed by atoms with van der Waals surface area (Å²) < 4.78 is 4.77. The zero-order valence-electron chi connectivity index (χ0n) is 24.1. The van der Waals surface area contributed by atoms with Crippen molar-refractivity contribution in [3.63, 3.8) is 0 Å². The Morgan fingerprint density at radius 2 is 0.682 bits per heavy atom. The van der Waals surface area contributed by atoms with E-state index in [-0.39, 0.29) is 0 Å². The molecule has 0 fully saturated rings. The van der Waals surface area contributed by atoms with Gasteiger partial charge in [0.15, 0.2) is 0 Å². The monoisotopic (exact) mass is 560 g/mol. The van der Waals surface area contributed by atoms with Crippen molar-refractivity contribution in [1.29, 1.82) is 0 Å². The molecular weight excluding hydrogens is 532 g/mol. The van der Waals surface area contributed by atoms with Gasteiger partial charge in [-0.25, -0.2) is 0 Å². The van der Waals surface area contributed by atoms with E-state index in [9.17, 15) is 0 Å². The van der Waals surface area contributed by atoms with Gasteiger partial charge in [-0.1, -0.05) is 115 Å². The summed E-state index contributed by atoms with van der Waals surface area (Å²) in [6, 6.07) is 61.4. The molecule has 0 spiro atoms. The topological polar surface area (TPSA) is 9.86 Å². The summed E-state index contributed by atoms with van der Waals surface area (Å²) in [6.45, 7) is 0. The molecule has 0 saturated heterocycles. The zero-order valence-corrected chi connectivity index (χ0v) is 24.1. The molecule has 0 atom stereocenters. The van der Waals surface area contributed by atoms with E-state index in [4.69, 9.17) is 0 Å². The van der Waals surface area contributed by atoms with Crippen LogP contribution in [0.15, 0.2) is 170 Å². The molecule has 7 aromatic carbocycles. The number of hydrogen-bond acceptors (Lipinski definition) is 0. The Kier molecular flexibility index (Phi) is 5.54. The van der Waals surface area contributed by atoms with E-state index in [0.717, 1.165) is 0 Å². The molecule has 9 rings (SSSR count). The molecule has 0 radical (unpaired) electrons. The van der Waals surface area contributed by atoms with Crippen molar-refractivity contribution < 1.29 is 0 Å². The Morgan fingerprint density at radius 1 is 0.250 bits per heavy atom. The highest BCUT2D eigenvalue weighted by atomic mass is 15.0. The van der Waals surface area contributed by atoms with Crippen LogP contribution >= 0.6 is 0 Å². The first kappa shape index (κ1) is 24.7.